The van der Waals surface area contributed by atoms with Gasteiger partial charge in [-0.05, 0) is 31.4 Å². The van der Waals surface area contributed by atoms with Gasteiger partial charge < -0.3 is 4.74 Å². The Kier molecular flexibility index (Phi) is 4.81. The predicted octanol–water partition coefficient (Wildman–Crippen LogP) is 2.60. The Morgan fingerprint density at radius 3 is 2.73 bits per heavy atom. The monoisotopic (exact) mass is 207 g/mol. The molecule has 0 spiro atoms. The number of unbranched alkanes of at least 4 members (excludes halogenated alkanes) is 1. The molecule has 1 aromatic heterocycles. The number of nitrogens with zero attached hydrogens (tertiary/aromatic N) is 1. The number of hydrogen-bond donors (Lipinski definition) is 0. The van der Waals surface area contributed by atoms with Crippen LogP contribution in [0, 0.1) is 0 Å². The van der Waals surface area contributed by atoms with Gasteiger partial charge in [-0.2, -0.15) is 0 Å². The van der Waals surface area contributed by atoms with Crippen LogP contribution < -0.4 is 0 Å². The average Bonchev–Trinajstić information content (AvgIpc) is 2.27. The number of pyridine rings is 1. The summed E-state index contributed by atoms with van der Waals surface area (Å²) in [4.78, 5) is 15.4. The van der Waals surface area contributed by atoms with Crippen molar-refractivity contribution in [1.82, 2.24) is 4.98 Å². The summed E-state index contributed by atoms with van der Waals surface area (Å²) in [5.74, 6) is -0.348. The number of rotatable bonds is 5. The van der Waals surface area contributed by atoms with Gasteiger partial charge in [-0.3, -0.25) is 0 Å². The van der Waals surface area contributed by atoms with E-state index in [1.54, 1.807) is 19.2 Å². The summed E-state index contributed by atoms with van der Waals surface area (Å²) in [5.41, 5.74) is 1.56. The molecule has 0 aliphatic rings. The van der Waals surface area contributed by atoms with Crippen molar-refractivity contribution < 1.29 is 9.53 Å². The lowest BCUT2D eigenvalue weighted by Gasteiger charge is -2.02. The standard InChI is InChI=1S/C12H17NO2/c1-3-5-6-10-7-8-11(13-9-10)12(14)15-4-2/h7-9H,3-6H2,1-2H3. The van der Waals surface area contributed by atoms with Crippen LogP contribution in [-0.2, 0) is 11.2 Å². The molecule has 0 aliphatic carbocycles. The van der Waals surface area contributed by atoms with Crippen molar-refractivity contribution in [2.24, 2.45) is 0 Å². The van der Waals surface area contributed by atoms with Crippen molar-refractivity contribution in [3.63, 3.8) is 0 Å². The van der Waals surface area contributed by atoms with Gasteiger partial charge in [-0.15, -0.1) is 0 Å². The summed E-state index contributed by atoms with van der Waals surface area (Å²) in [6, 6.07) is 3.66. The smallest absolute Gasteiger partial charge is 0.356 e. The molecule has 0 aromatic carbocycles. The molecule has 82 valence electrons. The molecular weight excluding hydrogens is 190 g/mol. The second-order valence-corrected chi connectivity index (χ2v) is 3.38. The Balaban J connectivity index is 2.59. The van der Waals surface area contributed by atoms with Gasteiger partial charge in [0.2, 0.25) is 0 Å². The third kappa shape index (κ3) is 3.70. The quantitative estimate of drug-likeness (QED) is 0.697. The lowest BCUT2D eigenvalue weighted by atomic mass is 10.1. The third-order valence-electron chi connectivity index (χ3n) is 2.13. The van der Waals surface area contributed by atoms with Gasteiger partial charge in [0.15, 0.2) is 0 Å². The van der Waals surface area contributed by atoms with E-state index in [-0.39, 0.29) is 5.97 Å². The summed E-state index contributed by atoms with van der Waals surface area (Å²) in [7, 11) is 0. The molecule has 0 amide bonds. The maximum Gasteiger partial charge on any atom is 0.356 e. The summed E-state index contributed by atoms with van der Waals surface area (Å²) in [6.07, 6.45) is 5.09. The molecule has 0 bridgehead atoms. The topological polar surface area (TPSA) is 39.2 Å². The lowest BCUT2D eigenvalue weighted by Crippen LogP contribution is -2.06. The molecule has 0 saturated carbocycles. The lowest BCUT2D eigenvalue weighted by molar-refractivity contribution is 0.0519. The van der Waals surface area contributed by atoms with Crippen LogP contribution in [0.1, 0.15) is 42.7 Å². The van der Waals surface area contributed by atoms with Gasteiger partial charge in [-0.1, -0.05) is 19.4 Å². The van der Waals surface area contributed by atoms with E-state index in [2.05, 4.69) is 11.9 Å². The highest BCUT2D eigenvalue weighted by Gasteiger charge is 2.06. The normalized spacial score (nSPS) is 10.0. The van der Waals surface area contributed by atoms with Gasteiger partial charge in [0.25, 0.3) is 0 Å². The van der Waals surface area contributed by atoms with Crippen LogP contribution in [0.2, 0.25) is 0 Å². The van der Waals surface area contributed by atoms with E-state index in [1.165, 1.54) is 12.0 Å². The molecule has 1 heterocycles. The highest BCUT2D eigenvalue weighted by atomic mass is 16.5. The number of ether oxygens (including phenoxy) is 1. The molecular formula is C12H17NO2. The average molecular weight is 207 g/mol. The van der Waals surface area contributed by atoms with E-state index in [1.807, 2.05) is 6.07 Å². The number of carbonyl (C=O) groups excluding carboxylic acids is 1. The van der Waals surface area contributed by atoms with Gasteiger partial charge >= 0.3 is 5.97 Å². The zero-order chi connectivity index (χ0) is 11.1. The van der Waals surface area contributed by atoms with E-state index in [4.69, 9.17) is 4.74 Å². The van der Waals surface area contributed by atoms with Crippen molar-refractivity contribution in [3.05, 3.63) is 29.6 Å². The molecule has 0 N–H and O–H groups in total. The molecule has 0 radical (unpaired) electrons. The minimum atomic E-state index is -0.348. The van der Waals surface area contributed by atoms with Crippen LogP contribution in [0.3, 0.4) is 0 Å². The predicted molar refractivity (Wildman–Crippen MR) is 58.8 cm³/mol. The van der Waals surface area contributed by atoms with Crippen molar-refractivity contribution in [3.8, 4) is 0 Å². The molecule has 0 unspecified atom stereocenters. The van der Waals surface area contributed by atoms with E-state index < -0.39 is 0 Å². The largest absolute Gasteiger partial charge is 0.461 e. The number of carbonyl (C=O) groups is 1. The number of esters is 1. The molecule has 0 fully saturated rings. The maximum atomic E-state index is 11.3. The van der Waals surface area contributed by atoms with E-state index >= 15 is 0 Å². The summed E-state index contributed by atoms with van der Waals surface area (Å²) >= 11 is 0. The highest BCUT2D eigenvalue weighted by Crippen LogP contribution is 2.05. The first-order valence-corrected chi connectivity index (χ1v) is 5.40. The maximum absolute atomic E-state index is 11.3. The zero-order valence-corrected chi connectivity index (χ0v) is 9.32. The van der Waals surface area contributed by atoms with Crippen molar-refractivity contribution in [1.29, 1.82) is 0 Å². The fraction of sp³-hybridized carbons (Fsp3) is 0.500. The van der Waals surface area contributed by atoms with Gasteiger partial charge in [0.05, 0.1) is 6.61 Å². The molecule has 3 heteroatoms. The van der Waals surface area contributed by atoms with Crippen molar-refractivity contribution in [2.45, 2.75) is 33.1 Å². The summed E-state index contributed by atoms with van der Waals surface area (Å²) in [5, 5.41) is 0. The third-order valence-corrected chi connectivity index (χ3v) is 2.13. The second-order valence-electron chi connectivity index (χ2n) is 3.38. The van der Waals surface area contributed by atoms with E-state index in [9.17, 15) is 4.79 Å². The fourth-order valence-electron chi connectivity index (χ4n) is 1.28. The fourth-order valence-corrected chi connectivity index (χ4v) is 1.28. The minimum Gasteiger partial charge on any atom is -0.461 e. The van der Waals surface area contributed by atoms with Crippen molar-refractivity contribution >= 4 is 5.97 Å². The van der Waals surface area contributed by atoms with Crippen LogP contribution in [0.5, 0.6) is 0 Å². The summed E-state index contributed by atoms with van der Waals surface area (Å²) < 4.78 is 4.85. The Labute approximate surface area is 90.5 Å². The van der Waals surface area contributed by atoms with Crippen LogP contribution in [0.4, 0.5) is 0 Å². The van der Waals surface area contributed by atoms with Gasteiger partial charge in [-0.25, -0.2) is 9.78 Å². The molecule has 0 aliphatic heterocycles. The van der Waals surface area contributed by atoms with Gasteiger partial charge in [0.1, 0.15) is 5.69 Å². The molecule has 3 nitrogen and oxygen atoms in total. The molecule has 15 heavy (non-hydrogen) atoms. The first kappa shape index (κ1) is 11.7. The Bertz CT molecular complexity index is 306. The second kappa shape index (κ2) is 6.17. The Morgan fingerprint density at radius 2 is 2.20 bits per heavy atom. The van der Waals surface area contributed by atoms with E-state index in [0.717, 1.165) is 12.8 Å². The Hall–Kier alpha value is -1.38. The first-order chi connectivity index (χ1) is 7.27. The van der Waals surface area contributed by atoms with Crippen LogP contribution in [-0.4, -0.2) is 17.6 Å². The van der Waals surface area contributed by atoms with Crippen molar-refractivity contribution in [2.75, 3.05) is 6.61 Å². The number of hydrogen-bond acceptors (Lipinski definition) is 3. The number of aryl methyl sites for hydroxylation is 1. The SMILES string of the molecule is CCCCc1ccc(C(=O)OCC)nc1. The van der Waals surface area contributed by atoms with Crippen LogP contribution in [0.25, 0.3) is 0 Å². The molecule has 0 atom stereocenters. The summed E-state index contributed by atoms with van der Waals surface area (Å²) in [6.45, 7) is 4.33. The Morgan fingerprint density at radius 1 is 1.40 bits per heavy atom. The van der Waals surface area contributed by atoms with Crippen LogP contribution in [0.15, 0.2) is 18.3 Å². The zero-order valence-electron chi connectivity index (χ0n) is 9.32. The molecule has 1 aromatic rings. The molecule has 1 rings (SSSR count). The minimum absolute atomic E-state index is 0.348. The van der Waals surface area contributed by atoms with Crippen LogP contribution >= 0.6 is 0 Å². The van der Waals surface area contributed by atoms with E-state index in [0.29, 0.717) is 12.3 Å². The molecule has 0 saturated heterocycles. The first-order valence-electron chi connectivity index (χ1n) is 5.40. The number of aromatic nitrogens is 1. The van der Waals surface area contributed by atoms with Gasteiger partial charge in [0, 0.05) is 6.20 Å². The highest BCUT2D eigenvalue weighted by molar-refractivity contribution is 5.87.